The van der Waals surface area contributed by atoms with Gasteiger partial charge in [-0.3, -0.25) is 5.84 Å². The van der Waals surface area contributed by atoms with E-state index in [9.17, 15) is 0 Å². The van der Waals surface area contributed by atoms with Gasteiger partial charge in [0.25, 0.3) is 0 Å². The summed E-state index contributed by atoms with van der Waals surface area (Å²) in [4.78, 5) is 1.15. The third-order valence-corrected chi connectivity index (χ3v) is 2.67. The summed E-state index contributed by atoms with van der Waals surface area (Å²) in [5, 5.41) is 0. The van der Waals surface area contributed by atoms with E-state index in [1.165, 1.54) is 0 Å². The van der Waals surface area contributed by atoms with Gasteiger partial charge < -0.3 is 10.2 Å². The third-order valence-electron chi connectivity index (χ3n) is 1.72. The lowest BCUT2D eigenvalue weighted by molar-refractivity contribution is 0.340. The molecule has 0 fully saturated rings. The fourth-order valence-electron chi connectivity index (χ4n) is 1.16. The predicted octanol–water partition coefficient (Wildman–Crippen LogP) is 2.48. The predicted molar refractivity (Wildman–Crippen MR) is 61.8 cm³/mol. The molecule has 0 bridgehead atoms. The second-order valence-corrected chi connectivity index (χ2v) is 3.97. The van der Waals surface area contributed by atoms with Gasteiger partial charge in [-0.15, -0.1) is 11.8 Å². The number of nitrogens with two attached hydrogens (primary N) is 1. The summed E-state index contributed by atoms with van der Waals surface area (Å²) >= 11 is 1.76. The van der Waals surface area contributed by atoms with Gasteiger partial charge in [0.2, 0.25) is 0 Å². The van der Waals surface area contributed by atoms with Crippen molar-refractivity contribution in [2.75, 3.05) is 17.8 Å². The van der Waals surface area contributed by atoms with Gasteiger partial charge in [0.1, 0.15) is 5.75 Å². The number of hydrazine groups is 1. The Hall–Kier alpha value is -0.870. The lowest BCUT2D eigenvalue weighted by Gasteiger charge is -2.10. The molecule has 0 aromatic heterocycles. The molecular weight excluding hydrogens is 196 g/mol. The topological polar surface area (TPSA) is 47.3 Å². The van der Waals surface area contributed by atoms with Gasteiger partial charge in [0.05, 0.1) is 12.3 Å². The molecule has 0 aliphatic rings. The summed E-state index contributed by atoms with van der Waals surface area (Å²) < 4.78 is 5.38. The Morgan fingerprint density at radius 3 is 2.79 bits per heavy atom. The standard InChI is InChI=1S/C10H16N2OS/c1-3-13-8-5-6-10(14-4-2)9(7-8)12-11/h5-7,12H,3-4,11H2,1-2H3. The maximum Gasteiger partial charge on any atom is 0.121 e. The molecule has 0 saturated carbocycles. The number of thioether (sulfide) groups is 1. The highest BCUT2D eigenvalue weighted by Gasteiger charge is 2.02. The monoisotopic (exact) mass is 212 g/mol. The maximum absolute atomic E-state index is 5.43. The number of nitrogen functional groups attached to an aromatic ring is 1. The van der Waals surface area contributed by atoms with E-state index in [2.05, 4.69) is 12.3 Å². The molecule has 0 amide bonds. The largest absolute Gasteiger partial charge is 0.494 e. The summed E-state index contributed by atoms with van der Waals surface area (Å²) in [6.45, 7) is 4.75. The fraction of sp³-hybridized carbons (Fsp3) is 0.400. The smallest absolute Gasteiger partial charge is 0.121 e. The van der Waals surface area contributed by atoms with E-state index in [0.29, 0.717) is 6.61 Å². The van der Waals surface area contributed by atoms with E-state index < -0.39 is 0 Å². The number of ether oxygens (including phenoxy) is 1. The van der Waals surface area contributed by atoms with Crippen LogP contribution in [-0.4, -0.2) is 12.4 Å². The van der Waals surface area contributed by atoms with E-state index in [1.807, 2.05) is 25.1 Å². The first-order valence-electron chi connectivity index (χ1n) is 4.68. The number of benzene rings is 1. The van der Waals surface area contributed by atoms with Gasteiger partial charge in [0, 0.05) is 11.0 Å². The molecule has 0 aliphatic carbocycles. The van der Waals surface area contributed by atoms with E-state index >= 15 is 0 Å². The molecule has 0 aliphatic heterocycles. The molecule has 0 saturated heterocycles. The molecule has 78 valence electrons. The maximum atomic E-state index is 5.43. The van der Waals surface area contributed by atoms with E-state index in [0.717, 1.165) is 22.1 Å². The quantitative estimate of drug-likeness (QED) is 0.447. The lowest BCUT2D eigenvalue weighted by atomic mass is 10.3. The van der Waals surface area contributed by atoms with Gasteiger partial charge >= 0.3 is 0 Å². The molecule has 0 spiro atoms. The Balaban J connectivity index is 2.87. The minimum absolute atomic E-state index is 0.671. The molecule has 1 rings (SSSR count). The first-order valence-corrected chi connectivity index (χ1v) is 5.66. The van der Waals surface area contributed by atoms with Crippen LogP contribution in [0.2, 0.25) is 0 Å². The Kier molecular flexibility index (Phi) is 4.62. The molecule has 0 unspecified atom stereocenters. The van der Waals surface area contributed by atoms with Crippen LogP contribution in [-0.2, 0) is 0 Å². The molecule has 4 heteroatoms. The zero-order valence-corrected chi connectivity index (χ0v) is 9.36. The minimum atomic E-state index is 0.671. The van der Waals surface area contributed by atoms with E-state index in [4.69, 9.17) is 10.6 Å². The van der Waals surface area contributed by atoms with Crippen molar-refractivity contribution in [2.24, 2.45) is 5.84 Å². The van der Waals surface area contributed by atoms with Gasteiger partial charge in [0.15, 0.2) is 0 Å². The highest BCUT2D eigenvalue weighted by molar-refractivity contribution is 7.99. The number of hydrogen-bond donors (Lipinski definition) is 2. The van der Waals surface area contributed by atoms with Crippen molar-refractivity contribution in [1.82, 2.24) is 0 Å². The Labute approximate surface area is 89.0 Å². The normalized spacial score (nSPS) is 9.93. The number of hydrogen-bond acceptors (Lipinski definition) is 4. The molecule has 1 aromatic rings. The summed E-state index contributed by atoms with van der Waals surface area (Å²) in [5.74, 6) is 7.31. The second-order valence-electron chi connectivity index (χ2n) is 2.67. The zero-order chi connectivity index (χ0) is 10.4. The molecular formula is C10H16N2OS. The van der Waals surface area contributed by atoms with Crippen molar-refractivity contribution in [1.29, 1.82) is 0 Å². The van der Waals surface area contributed by atoms with Crippen LogP contribution in [0.15, 0.2) is 23.1 Å². The first kappa shape index (κ1) is 11.2. The van der Waals surface area contributed by atoms with Crippen molar-refractivity contribution in [2.45, 2.75) is 18.7 Å². The SMILES string of the molecule is CCOc1ccc(SCC)c(NN)c1. The average molecular weight is 212 g/mol. The van der Waals surface area contributed by atoms with Crippen molar-refractivity contribution in [3.8, 4) is 5.75 Å². The van der Waals surface area contributed by atoms with Crippen LogP contribution in [0.1, 0.15) is 13.8 Å². The second kappa shape index (κ2) is 5.78. The van der Waals surface area contributed by atoms with Gasteiger partial charge in [-0.1, -0.05) is 6.92 Å². The van der Waals surface area contributed by atoms with Crippen molar-refractivity contribution in [3.05, 3.63) is 18.2 Å². The molecule has 0 heterocycles. The molecule has 0 atom stereocenters. The van der Waals surface area contributed by atoms with Crippen molar-refractivity contribution >= 4 is 17.4 Å². The minimum Gasteiger partial charge on any atom is -0.494 e. The number of nitrogens with one attached hydrogen (secondary N) is 1. The Morgan fingerprint density at radius 1 is 1.43 bits per heavy atom. The molecule has 3 N–H and O–H groups in total. The third kappa shape index (κ3) is 2.82. The molecule has 3 nitrogen and oxygen atoms in total. The summed E-state index contributed by atoms with van der Waals surface area (Å²) in [7, 11) is 0. The van der Waals surface area contributed by atoms with E-state index in [1.54, 1.807) is 11.8 Å². The van der Waals surface area contributed by atoms with Crippen LogP contribution in [0.4, 0.5) is 5.69 Å². The van der Waals surface area contributed by atoms with Gasteiger partial charge in [-0.2, -0.15) is 0 Å². The number of rotatable bonds is 5. The van der Waals surface area contributed by atoms with Crippen LogP contribution in [0, 0.1) is 0 Å². The van der Waals surface area contributed by atoms with Gasteiger partial charge in [-0.25, -0.2) is 0 Å². The Bertz CT molecular complexity index is 291. The average Bonchev–Trinajstić information content (AvgIpc) is 2.21. The zero-order valence-electron chi connectivity index (χ0n) is 8.54. The van der Waals surface area contributed by atoms with Crippen LogP contribution in [0.5, 0.6) is 5.75 Å². The first-order chi connectivity index (χ1) is 6.81. The van der Waals surface area contributed by atoms with Crippen LogP contribution in [0.25, 0.3) is 0 Å². The molecule has 14 heavy (non-hydrogen) atoms. The summed E-state index contributed by atoms with van der Waals surface area (Å²) in [6, 6.07) is 5.90. The van der Waals surface area contributed by atoms with E-state index in [-0.39, 0.29) is 0 Å². The molecule has 1 aromatic carbocycles. The summed E-state index contributed by atoms with van der Waals surface area (Å²) in [5.41, 5.74) is 3.60. The van der Waals surface area contributed by atoms with Gasteiger partial charge in [-0.05, 0) is 24.8 Å². The van der Waals surface area contributed by atoms with Crippen LogP contribution < -0.4 is 16.0 Å². The fourth-order valence-corrected chi connectivity index (χ4v) is 1.91. The summed E-state index contributed by atoms with van der Waals surface area (Å²) in [6.07, 6.45) is 0. The molecule has 0 radical (unpaired) electrons. The van der Waals surface area contributed by atoms with Crippen LogP contribution in [0.3, 0.4) is 0 Å². The van der Waals surface area contributed by atoms with Crippen molar-refractivity contribution < 1.29 is 4.74 Å². The lowest BCUT2D eigenvalue weighted by Crippen LogP contribution is -2.08. The highest BCUT2D eigenvalue weighted by Crippen LogP contribution is 2.30. The highest BCUT2D eigenvalue weighted by atomic mass is 32.2. The number of anilines is 1. The Morgan fingerprint density at radius 2 is 2.21 bits per heavy atom. The van der Waals surface area contributed by atoms with Crippen molar-refractivity contribution in [3.63, 3.8) is 0 Å². The van der Waals surface area contributed by atoms with Crippen LogP contribution >= 0.6 is 11.8 Å².